The second-order valence-electron chi connectivity index (χ2n) is 6.46. The zero-order valence-corrected chi connectivity index (χ0v) is 20.0. The summed E-state index contributed by atoms with van der Waals surface area (Å²) < 4.78 is 52.4. The topological polar surface area (TPSA) is 244 Å². The Morgan fingerprint density at radius 1 is 1.21 bits per heavy atom. The van der Waals surface area contributed by atoms with Crippen molar-refractivity contribution < 1.29 is 56.3 Å². The first-order chi connectivity index (χ1) is 14.9. The Labute approximate surface area is 189 Å². The molecule has 7 atom stereocenters. The van der Waals surface area contributed by atoms with E-state index in [0.29, 0.717) is 0 Å². The van der Waals surface area contributed by atoms with Crippen molar-refractivity contribution in [2.45, 2.75) is 43.3 Å². The highest BCUT2D eigenvalue weighted by atomic mass is 35.5. The van der Waals surface area contributed by atoms with Gasteiger partial charge in [-0.25, -0.2) is 18.5 Å². The molecule has 16 nitrogen and oxygen atoms in total. The highest BCUT2D eigenvalue weighted by molar-refractivity contribution is 7.66. The molecule has 2 rings (SSSR count). The van der Waals surface area contributed by atoms with Gasteiger partial charge in [-0.05, 0) is 13.8 Å². The van der Waals surface area contributed by atoms with Crippen molar-refractivity contribution in [2.24, 2.45) is 0 Å². The average molecular weight is 555 g/mol. The predicted octanol–water partition coefficient (Wildman–Crippen LogP) is -0.472. The first-order valence-corrected chi connectivity index (χ1v) is 13.4. The van der Waals surface area contributed by atoms with Gasteiger partial charge in [0.15, 0.2) is 11.1 Å². The fourth-order valence-corrected chi connectivity index (χ4v) is 6.43. The smallest absolute Gasteiger partial charge is 0.387 e. The van der Waals surface area contributed by atoms with Crippen LogP contribution in [0.25, 0.3) is 0 Å². The van der Waals surface area contributed by atoms with E-state index in [0.717, 1.165) is 23.8 Å². The average Bonchev–Trinajstić information content (AvgIpc) is 2.83. The Kier molecular flexibility index (Phi) is 8.39. The largest absolute Gasteiger partial charge is 0.490 e. The van der Waals surface area contributed by atoms with E-state index in [1.54, 1.807) is 0 Å². The zero-order valence-electron chi connectivity index (χ0n) is 16.5. The van der Waals surface area contributed by atoms with E-state index in [4.69, 9.17) is 26.1 Å². The molecule has 1 fully saturated rings. The lowest BCUT2D eigenvalue weighted by atomic mass is 9.96. The van der Waals surface area contributed by atoms with E-state index in [9.17, 15) is 38.2 Å². The number of phosphoric acid groups is 3. The molecule has 1 aliphatic rings. The summed E-state index contributed by atoms with van der Waals surface area (Å²) in [6, 6.07) is 0.955. The van der Waals surface area contributed by atoms with Gasteiger partial charge in [0.05, 0.1) is 6.10 Å². The van der Waals surface area contributed by atoms with Gasteiger partial charge in [-0.3, -0.25) is 18.9 Å². The predicted molar refractivity (Wildman–Crippen MR) is 108 cm³/mol. The van der Waals surface area contributed by atoms with Crippen molar-refractivity contribution in [3.8, 4) is 11.8 Å². The number of halogens is 1. The van der Waals surface area contributed by atoms with Crippen LogP contribution in [0.2, 0.25) is 0 Å². The normalized spacial score (nSPS) is 30.0. The molecule has 0 spiro atoms. The molecule has 1 saturated heterocycles. The summed E-state index contributed by atoms with van der Waals surface area (Å²) in [5.74, 6) is 4.88. The van der Waals surface area contributed by atoms with Crippen LogP contribution < -0.4 is 11.2 Å². The molecule has 0 saturated carbocycles. The lowest BCUT2D eigenvalue weighted by Gasteiger charge is -2.26. The third-order valence-corrected chi connectivity index (χ3v) is 8.42. The maximum atomic E-state index is 12.2. The molecular formula is C13H18ClN2O14P3. The summed E-state index contributed by atoms with van der Waals surface area (Å²) in [6.45, 7) is 2.40. The quantitative estimate of drug-likeness (QED) is 0.135. The number of aliphatic hydroxyl groups excluding tert-OH is 1. The molecule has 0 amide bonds. The molecule has 33 heavy (non-hydrogen) atoms. The second-order valence-corrected chi connectivity index (χ2v) is 11.5. The number of ether oxygens (including phenoxy) is 1. The minimum Gasteiger partial charge on any atom is -0.387 e. The lowest BCUT2D eigenvalue weighted by Crippen LogP contribution is -2.45. The van der Waals surface area contributed by atoms with E-state index < -0.39 is 64.1 Å². The molecule has 2 heterocycles. The number of rotatable bonds is 8. The third kappa shape index (κ3) is 6.94. The number of hydrogen-bond donors (Lipinski definition) is 6. The number of aromatic nitrogens is 2. The van der Waals surface area contributed by atoms with E-state index in [1.807, 2.05) is 4.98 Å². The number of nitrogens with one attached hydrogen (secondary N) is 1. The van der Waals surface area contributed by atoms with Gasteiger partial charge >= 0.3 is 29.2 Å². The molecule has 186 valence electrons. The Balaban J connectivity index is 2.32. The first-order valence-electron chi connectivity index (χ1n) is 8.51. The molecule has 6 N–H and O–H groups in total. The van der Waals surface area contributed by atoms with Crippen LogP contribution in [0.1, 0.15) is 20.1 Å². The van der Waals surface area contributed by atoms with Crippen LogP contribution in [0.4, 0.5) is 0 Å². The van der Waals surface area contributed by atoms with Gasteiger partial charge in [0.2, 0.25) is 0 Å². The summed E-state index contributed by atoms with van der Waals surface area (Å²) in [5.41, 5.74) is -1.72. The van der Waals surface area contributed by atoms with Crippen LogP contribution in [0.3, 0.4) is 0 Å². The van der Waals surface area contributed by atoms with E-state index in [2.05, 4.69) is 25.0 Å². The van der Waals surface area contributed by atoms with Crippen LogP contribution in [-0.4, -0.2) is 57.4 Å². The molecule has 0 radical (unpaired) electrons. The molecule has 1 aliphatic heterocycles. The SMILES string of the molecule is CC#CC1(Cl)[C@@H](O)[C@@H]([C@H](C)OP(=O)(O)OP(=O)(O)OP(=O)(O)O)O[C@H]1n1ccc(=O)[nH]c1=O. The number of alkyl halides is 1. The van der Waals surface area contributed by atoms with Crippen molar-refractivity contribution in [1.82, 2.24) is 9.55 Å². The van der Waals surface area contributed by atoms with Gasteiger partial charge < -0.3 is 29.4 Å². The standard InChI is InChI=1S/C13H18ClN2O14P3/c1-3-5-13(14)10(18)9(27-11(13)16-6-4-8(17)15-12(16)19)7(2)28-32(23,24)30-33(25,26)29-31(20,21)22/h4,6-7,9-11,18H,1-2H3,(H,23,24)(H,25,26)(H,15,17,19)(H2,20,21,22)/t7-,9+,10-,11+,13?/m0/s1. The molecular weight excluding hydrogens is 537 g/mol. The molecule has 20 heteroatoms. The van der Waals surface area contributed by atoms with Crippen molar-refractivity contribution in [1.29, 1.82) is 0 Å². The van der Waals surface area contributed by atoms with Crippen LogP contribution in [0, 0.1) is 11.8 Å². The highest BCUT2D eigenvalue weighted by Gasteiger charge is 2.58. The number of hydrogen-bond acceptors (Lipinski definition) is 10. The number of phosphoric ester groups is 1. The second kappa shape index (κ2) is 9.85. The van der Waals surface area contributed by atoms with Gasteiger partial charge in [-0.1, -0.05) is 17.5 Å². The van der Waals surface area contributed by atoms with Crippen molar-refractivity contribution in [2.75, 3.05) is 0 Å². The van der Waals surface area contributed by atoms with Crippen molar-refractivity contribution >= 4 is 35.1 Å². The Morgan fingerprint density at radius 3 is 2.33 bits per heavy atom. The van der Waals surface area contributed by atoms with Crippen LogP contribution in [-0.2, 0) is 31.6 Å². The zero-order chi connectivity index (χ0) is 25.4. The van der Waals surface area contributed by atoms with Crippen molar-refractivity contribution in [3.05, 3.63) is 33.1 Å². The van der Waals surface area contributed by atoms with E-state index in [-0.39, 0.29) is 0 Å². The minimum atomic E-state index is -5.78. The van der Waals surface area contributed by atoms with E-state index in [1.165, 1.54) is 6.92 Å². The lowest BCUT2D eigenvalue weighted by molar-refractivity contribution is -0.0749. The number of nitrogens with zero attached hydrogens (tertiary/aromatic N) is 1. The fourth-order valence-electron chi connectivity index (χ4n) is 2.85. The Morgan fingerprint density at radius 2 is 1.82 bits per heavy atom. The fraction of sp³-hybridized carbons (Fsp3) is 0.538. The summed E-state index contributed by atoms with van der Waals surface area (Å²) in [4.78, 5) is 59.5. The van der Waals surface area contributed by atoms with Crippen molar-refractivity contribution in [3.63, 3.8) is 0 Å². The summed E-state index contributed by atoms with van der Waals surface area (Å²) in [7, 11) is -16.9. The van der Waals surface area contributed by atoms with Gasteiger partial charge in [0, 0.05) is 12.3 Å². The molecule has 1 aromatic rings. The molecule has 3 unspecified atom stereocenters. The van der Waals surface area contributed by atoms with Gasteiger partial charge in [-0.2, -0.15) is 8.62 Å². The highest BCUT2D eigenvalue weighted by Crippen LogP contribution is 2.66. The maximum absolute atomic E-state index is 12.2. The Bertz CT molecular complexity index is 1210. The van der Waals surface area contributed by atoms with Crippen LogP contribution in [0.5, 0.6) is 0 Å². The monoisotopic (exact) mass is 554 g/mol. The Hall–Kier alpha value is -1.14. The maximum Gasteiger partial charge on any atom is 0.490 e. The molecule has 1 aromatic heterocycles. The molecule has 0 bridgehead atoms. The van der Waals surface area contributed by atoms with Gasteiger partial charge in [-0.15, -0.1) is 5.92 Å². The summed E-state index contributed by atoms with van der Waals surface area (Å²) in [5, 5.41) is 10.7. The number of aromatic amines is 1. The van der Waals surface area contributed by atoms with Gasteiger partial charge in [0.1, 0.15) is 12.2 Å². The number of H-pyrrole nitrogens is 1. The summed E-state index contributed by atoms with van der Waals surface area (Å²) in [6.07, 6.45) is -5.63. The number of aliphatic hydroxyl groups is 1. The molecule has 0 aliphatic carbocycles. The molecule has 0 aromatic carbocycles. The van der Waals surface area contributed by atoms with E-state index >= 15 is 0 Å². The van der Waals surface area contributed by atoms with Gasteiger partial charge in [0.25, 0.3) is 5.56 Å². The van der Waals surface area contributed by atoms with Crippen LogP contribution >= 0.6 is 35.1 Å². The first kappa shape index (κ1) is 28.1. The third-order valence-electron chi connectivity index (χ3n) is 3.99. The minimum absolute atomic E-state index is 0.742. The summed E-state index contributed by atoms with van der Waals surface area (Å²) >= 11 is 6.41. The van der Waals surface area contributed by atoms with Crippen LogP contribution in [0.15, 0.2) is 21.9 Å².